The lowest BCUT2D eigenvalue weighted by Crippen LogP contribution is -2.61. The van der Waals surface area contributed by atoms with Crippen molar-refractivity contribution in [2.24, 2.45) is 0 Å². The van der Waals surface area contributed by atoms with Crippen LogP contribution in [0.3, 0.4) is 0 Å². The number of fused-ring (bicyclic) bond motifs is 1. The predicted octanol–water partition coefficient (Wildman–Crippen LogP) is 3.79. The van der Waals surface area contributed by atoms with E-state index in [9.17, 15) is 14.4 Å². The number of hydrogen-bond donors (Lipinski definition) is 3. The van der Waals surface area contributed by atoms with Gasteiger partial charge in [0.15, 0.2) is 0 Å². The summed E-state index contributed by atoms with van der Waals surface area (Å²) >= 11 is 0. The Bertz CT molecular complexity index is 2010. The molecule has 2 saturated heterocycles. The second-order valence-corrected chi connectivity index (χ2v) is 15.1. The lowest BCUT2D eigenvalue weighted by Gasteiger charge is -2.44. The smallest absolute Gasteiger partial charge is 0.410 e. The van der Waals surface area contributed by atoms with Crippen molar-refractivity contribution in [3.05, 3.63) is 94.1 Å². The number of morpholine rings is 1. The molecular formula is C40H48FN8O5+. The Morgan fingerprint density at radius 2 is 1.94 bits per heavy atom. The molecule has 5 heterocycles. The molecule has 0 radical (unpaired) electrons. The number of benzene rings is 1. The molecule has 2 atom stereocenters. The van der Waals surface area contributed by atoms with E-state index in [1.807, 2.05) is 46.8 Å². The van der Waals surface area contributed by atoms with Gasteiger partial charge in [-0.1, -0.05) is 31.2 Å². The number of halogens is 1. The van der Waals surface area contributed by atoms with Crippen molar-refractivity contribution in [3.63, 3.8) is 0 Å². The molecule has 2 fully saturated rings. The molecule has 0 bridgehead atoms. The number of anilines is 2. The van der Waals surface area contributed by atoms with Gasteiger partial charge in [-0.05, 0) is 75.4 Å². The van der Waals surface area contributed by atoms with Gasteiger partial charge in [0.1, 0.15) is 23.1 Å². The van der Waals surface area contributed by atoms with Gasteiger partial charge in [-0.2, -0.15) is 0 Å². The monoisotopic (exact) mass is 739 g/mol. The average Bonchev–Trinajstić information content (AvgIpc) is 3.13. The number of nitrogens with zero attached hydrogens (tertiary/aromatic N) is 5. The number of likely N-dealkylation sites (tertiary alicyclic amines) is 1. The fourth-order valence-corrected chi connectivity index (χ4v) is 7.41. The number of carbonyl (C=O) groups excluding carboxylic acids is 3. The molecule has 14 heteroatoms. The fraction of sp³-hybridized carbons (Fsp3) is 0.425. The molecule has 13 nitrogen and oxygen atoms in total. The van der Waals surface area contributed by atoms with Gasteiger partial charge in [-0.15, -0.1) is 0 Å². The maximum absolute atomic E-state index is 16.2. The number of pyridine rings is 2. The van der Waals surface area contributed by atoms with E-state index in [1.54, 1.807) is 52.2 Å². The van der Waals surface area contributed by atoms with E-state index in [2.05, 4.69) is 5.32 Å². The van der Waals surface area contributed by atoms with Crippen LogP contribution >= 0.6 is 0 Å². The summed E-state index contributed by atoms with van der Waals surface area (Å²) in [7, 11) is 0. The molecule has 3 amide bonds. The highest BCUT2D eigenvalue weighted by atomic mass is 19.1. The third-order valence-corrected chi connectivity index (χ3v) is 10.1. The number of aromatic nitrogens is 2. The first-order valence-corrected chi connectivity index (χ1v) is 18.1. The molecule has 2 aromatic heterocycles. The second-order valence-electron chi connectivity index (χ2n) is 15.1. The van der Waals surface area contributed by atoms with Gasteiger partial charge in [-0.25, -0.2) is 24.6 Å². The fourth-order valence-electron chi connectivity index (χ4n) is 7.41. The van der Waals surface area contributed by atoms with Crippen LogP contribution in [-0.4, -0.2) is 101 Å². The number of allylic oxidation sites excluding steroid dienone is 1. The van der Waals surface area contributed by atoms with Gasteiger partial charge in [0.2, 0.25) is 0 Å². The van der Waals surface area contributed by atoms with Crippen LogP contribution in [0, 0.1) is 18.2 Å². The van der Waals surface area contributed by atoms with E-state index < -0.39 is 23.2 Å². The van der Waals surface area contributed by atoms with Crippen molar-refractivity contribution >= 4 is 41.5 Å². The third kappa shape index (κ3) is 7.34. The summed E-state index contributed by atoms with van der Waals surface area (Å²) < 4.78 is 27.6. The summed E-state index contributed by atoms with van der Waals surface area (Å²) in [6, 6.07) is 8.33. The van der Waals surface area contributed by atoms with Crippen molar-refractivity contribution < 1.29 is 33.7 Å². The maximum Gasteiger partial charge on any atom is 0.410 e. The standard InChI is InChI=1S/C40H47FN8O5/c1-7-27-33-28(19-45-35(27)46-26-20-47(21-26)37(51)30(43)12-9-15-42)36(50)49(23-40(33,6)29-11-8-10-24(2)34(29)41)32-14-13-25(18-44-32)31-22-53-17-16-48(31)38(52)54-39(3,4)5/h8-15,18-19,26,31,42-43H,7,16-17,20-23H2,1-6H3,(H,45,46)/p+1/b12-9-,42-15?,43-30?/t31-,40-/m1/s1. The number of rotatable bonds is 9. The summed E-state index contributed by atoms with van der Waals surface area (Å²) in [6.45, 7) is 13.0. The normalized spacial score (nSPS) is 20.4. The molecule has 1 aromatic carbocycles. The first-order valence-electron chi connectivity index (χ1n) is 18.1. The highest BCUT2D eigenvalue weighted by Crippen LogP contribution is 2.45. The van der Waals surface area contributed by atoms with Crippen molar-refractivity contribution in [1.82, 2.24) is 19.8 Å². The largest absolute Gasteiger partial charge is 0.444 e. The van der Waals surface area contributed by atoms with Crippen LogP contribution in [-0.2, 0) is 26.1 Å². The number of amides is 3. The van der Waals surface area contributed by atoms with Crippen LogP contribution in [0.1, 0.15) is 78.8 Å². The van der Waals surface area contributed by atoms with Crippen LogP contribution < -0.4 is 15.6 Å². The van der Waals surface area contributed by atoms with Crippen molar-refractivity contribution in [2.45, 2.75) is 71.1 Å². The first-order chi connectivity index (χ1) is 25.7. The van der Waals surface area contributed by atoms with Crippen LogP contribution in [0.15, 0.2) is 54.9 Å². The lowest BCUT2D eigenvalue weighted by molar-refractivity contribution is -0.145. The molecule has 6 rings (SSSR count). The Morgan fingerprint density at radius 1 is 1.19 bits per heavy atom. The van der Waals surface area contributed by atoms with E-state index >= 15 is 4.39 Å². The Hall–Kier alpha value is -5.50. The van der Waals surface area contributed by atoms with Gasteiger partial charge in [0.25, 0.3) is 11.6 Å². The minimum Gasteiger partial charge on any atom is -0.444 e. The average molecular weight is 740 g/mol. The van der Waals surface area contributed by atoms with Crippen LogP contribution in [0.5, 0.6) is 0 Å². The van der Waals surface area contributed by atoms with E-state index in [-0.39, 0.29) is 42.5 Å². The summed E-state index contributed by atoms with van der Waals surface area (Å²) in [4.78, 5) is 54.5. The zero-order valence-electron chi connectivity index (χ0n) is 31.6. The lowest BCUT2D eigenvalue weighted by atomic mass is 9.69. The molecule has 3 aromatic rings. The Kier molecular flexibility index (Phi) is 10.7. The number of hydrogen-bond acceptors (Lipinski definition) is 9. The summed E-state index contributed by atoms with van der Waals surface area (Å²) in [5, 5.41) is 16.5. The minimum absolute atomic E-state index is 0.0482. The van der Waals surface area contributed by atoms with Gasteiger partial charge in [-0.3, -0.25) is 19.4 Å². The molecule has 0 spiro atoms. The number of nitrogens with one attached hydrogen (secondary N) is 2. The van der Waals surface area contributed by atoms with Gasteiger partial charge >= 0.3 is 12.0 Å². The third-order valence-electron chi connectivity index (χ3n) is 10.1. The van der Waals surface area contributed by atoms with Crippen molar-refractivity contribution in [2.75, 3.05) is 49.6 Å². The Labute approximate surface area is 314 Å². The number of ether oxygens (including phenoxy) is 2. The van der Waals surface area contributed by atoms with Crippen LogP contribution in [0.2, 0.25) is 0 Å². The minimum atomic E-state index is -1.01. The topological polar surface area (TPSA) is 167 Å². The quantitative estimate of drug-likeness (QED) is 0.279. The first kappa shape index (κ1) is 38.2. The van der Waals surface area contributed by atoms with Crippen LogP contribution in [0.4, 0.5) is 20.8 Å². The molecular weight excluding hydrogens is 691 g/mol. The Morgan fingerprint density at radius 3 is 2.61 bits per heavy atom. The molecule has 0 unspecified atom stereocenters. The van der Waals surface area contributed by atoms with Crippen molar-refractivity contribution in [1.29, 1.82) is 5.41 Å². The highest BCUT2D eigenvalue weighted by molar-refractivity contribution is 6.41. The van der Waals surface area contributed by atoms with Gasteiger partial charge in [0, 0.05) is 61.8 Å². The number of aryl methyl sites for hydroxylation is 1. The molecule has 284 valence electrons. The number of carbonyl (C=O) groups is 3. The molecule has 3 aliphatic rings. The molecule has 0 saturated carbocycles. The van der Waals surface area contributed by atoms with Crippen LogP contribution in [0.25, 0.3) is 0 Å². The molecule has 4 N–H and O–H groups in total. The van der Waals surface area contributed by atoms with Gasteiger partial charge in [0.05, 0.1) is 30.9 Å². The van der Waals surface area contributed by atoms with E-state index in [1.165, 1.54) is 12.2 Å². The Balaban J connectivity index is 1.33. The van der Waals surface area contributed by atoms with E-state index in [4.69, 9.17) is 30.3 Å². The second kappa shape index (κ2) is 15.1. The predicted molar refractivity (Wildman–Crippen MR) is 202 cm³/mol. The highest BCUT2D eigenvalue weighted by Gasteiger charge is 2.46. The van der Waals surface area contributed by atoms with E-state index in [0.717, 1.165) is 17.3 Å². The molecule has 3 aliphatic heterocycles. The molecule has 54 heavy (non-hydrogen) atoms. The zero-order valence-corrected chi connectivity index (χ0v) is 31.6. The van der Waals surface area contributed by atoms with E-state index in [0.29, 0.717) is 66.6 Å². The summed E-state index contributed by atoms with van der Waals surface area (Å²) in [5.74, 6) is -0.0371. The summed E-state index contributed by atoms with van der Waals surface area (Å²) in [5.41, 5.74) is 1.87. The SMILES string of the molecule is CCc1c(NC2CN(C(=O)C(=[NH2+])/C=C\C=N)C2)ncc2c1[C@@](C)(c1cccc(C)c1F)CN(c1ccc([C@H]3COCCN3C(=O)OC(C)(C)C)cn1)C2=O. The maximum atomic E-state index is 16.2. The van der Waals surface area contributed by atoms with Crippen molar-refractivity contribution in [3.8, 4) is 0 Å². The van der Waals surface area contributed by atoms with Gasteiger partial charge < -0.3 is 25.1 Å². The zero-order chi connectivity index (χ0) is 38.9. The number of nitrogens with two attached hydrogens (primary N) is 1. The molecule has 0 aliphatic carbocycles. The summed E-state index contributed by atoms with van der Waals surface area (Å²) in [6.07, 6.45) is 7.09.